The molecule has 2 aliphatic rings. The van der Waals surface area contributed by atoms with Gasteiger partial charge in [-0.05, 0) is 50.9 Å². The fraction of sp³-hybridized carbons (Fsp3) is 0.875. The topological polar surface area (TPSA) is 69.6 Å². The van der Waals surface area contributed by atoms with E-state index < -0.39 is 11.5 Å². The number of carbonyl (C=O) groups excluding carboxylic acids is 1. The van der Waals surface area contributed by atoms with Crippen molar-refractivity contribution >= 4 is 12.0 Å². The van der Waals surface area contributed by atoms with E-state index in [4.69, 9.17) is 0 Å². The van der Waals surface area contributed by atoms with Crippen molar-refractivity contribution in [1.82, 2.24) is 10.2 Å². The van der Waals surface area contributed by atoms with Crippen molar-refractivity contribution in [3.63, 3.8) is 0 Å². The zero-order valence-corrected chi connectivity index (χ0v) is 13.4. The van der Waals surface area contributed by atoms with Crippen molar-refractivity contribution in [3.05, 3.63) is 0 Å². The molecule has 0 radical (unpaired) electrons. The Labute approximate surface area is 127 Å². The monoisotopic (exact) mass is 296 g/mol. The van der Waals surface area contributed by atoms with Gasteiger partial charge in [-0.15, -0.1) is 0 Å². The lowest BCUT2D eigenvalue weighted by atomic mass is 9.75. The molecule has 1 aliphatic carbocycles. The summed E-state index contributed by atoms with van der Waals surface area (Å²) in [6, 6.07) is -0.0120. The molecule has 0 bridgehead atoms. The Morgan fingerprint density at radius 3 is 2.33 bits per heavy atom. The summed E-state index contributed by atoms with van der Waals surface area (Å²) in [5, 5.41) is 12.5. The van der Waals surface area contributed by atoms with Gasteiger partial charge in [0, 0.05) is 12.6 Å². The second-order valence-corrected chi connectivity index (χ2v) is 7.01. The fourth-order valence-corrected chi connectivity index (χ4v) is 3.83. The van der Waals surface area contributed by atoms with Crippen LogP contribution in [0, 0.1) is 11.8 Å². The van der Waals surface area contributed by atoms with E-state index in [0.717, 1.165) is 32.2 Å². The van der Waals surface area contributed by atoms with Gasteiger partial charge >= 0.3 is 12.0 Å². The van der Waals surface area contributed by atoms with Crippen LogP contribution in [0.4, 0.5) is 4.79 Å². The Balaban J connectivity index is 2.03. The molecule has 21 heavy (non-hydrogen) atoms. The number of nitrogens with zero attached hydrogens (tertiary/aromatic N) is 1. The number of hydrogen-bond acceptors (Lipinski definition) is 2. The number of likely N-dealkylation sites (tertiary alicyclic amines) is 1. The standard InChI is InChI=1S/C16H28N2O3/c1-4-13-5-7-16(8-6-13,14(19)20)17-15(21)18-10-11(2)9-12(18)3/h11-13H,4-10H2,1-3H3,(H,17,21)(H,19,20). The molecule has 2 atom stereocenters. The third-order valence-corrected chi connectivity index (χ3v) is 5.34. The van der Waals surface area contributed by atoms with Crippen LogP contribution in [0.1, 0.15) is 59.3 Å². The molecule has 120 valence electrons. The van der Waals surface area contributed by atoms with Gasteiger partial charge in [0.05, 0.1) is 0 Å². The molecule has 2 fully saturated rings. The quantitative estimate of drug-likeness (QED) is 0.841. The van der Waals surface area contributed by atoms with Crippen LogP contribution in [-0.2, 0) is 4.79 Å². The van der Waals surface area contributed by atoms with Crippen LogP contribution in [0.15, 0.2) is 0 Å². The van der Waals surface area contributed by atoms with Crippen LogP contribution in [0.3, 0.4) is 0 Å². The highest BCUT2D eigenvalue weighted by atomic mass is 16.4. The van der Waals surface area contributed by atoms with Gasteiger partial charge < -0.3 is 15.3 Å². The Morgan fingerprint density at radius 1 is 1.29 bits per heavy atom. The van der Waals surface area contributed by atoms with Gasteiger partial charge in [-0.3, -0.25) is 0 Å². The number of nitrogens with one attached hydrogen (secondary N) is 1. The summed E-state index contributed by atoms with van der Waals surface area (Å²) < 4.78 is 0. The lowest BCUT2D eigenvalue weighted by molar-refractivity contribution is -0.146. The molecule has 5 nitrogen and oxygen atoms in total. The molecule has 0 spiro atoms. The second kappa shape index (κ2) is 6.24. The van der Waals surface area contributed by atoms with Crippen molar-refractivity contribution in [1.29, 1.82) is 0 Å². The van der Waals surface area contributed by atoms with E-state index >= 15 is 0 Å². The minimum absolute atomic E-state index is 0.192. The summed E-state index contributed by atoms with van der Waals surface area (Å²) in [5.41, 5.74) is -1.06. The van der Waals surface area contributed by atoms with Gasteiger partial charge in [0.25, 0.3) is 0 Å². The van der Waals surface area contributed by atoms with Gasteiger partial charge in [-0.2, -0.15) is 0 Å². The molecule has 5 heteroatoms. The minimum atomic E-state index is -1.06. The number of carboxylic acid groups (broad SMARTS) is 1. The van der Waals surface area contributed by atoms with E-state index in [1.165, 1.54) is 0 Å². The van der Waals surface area contributed by atoms with Gasteiger partial charge in [0.1, 0.15) is 5.54 Å². The van der Waals surface area contributed by atoms with Crippen LogP contribution >= 0.6 is 0 Å². The van der Waals surface area contributed by atoms with Crippen LogP contribution in [-0.4, -0.2) is 40.1 Å². The largest absolute Gasteiger partial charge is 0.480 e. The summed E-state index contributed by atoms with van der Waals surface area (Å²) in [5.74, 6) is 0.202. The number of carbonyl (C=O) groups is 2. The molecule has 1 heterocycles. The highest BCUT2D eigenvalue weighted by molar-refractivity contribution is 5.86. The van der Waals surface area contributed by atoms with Crippen LogP contribution in [0.2, 0.25) is 0 Å². The van der Waals surface area contributed by atoms with Crippen LogP contribution in [0.5, 0.6) is 0 Å². The summed E-state index contributed by atoms with van der Waals surface area (Å²) in [6.07, 6.45) is 4.94. The first-order valence-corrected chi connectivity index (χ1v) is 8.20. The molecule has 1 saturated heterocycles. The molecule has 0 aromatic rings. The molecule has 2 unspecified atom stereocenters. The van der Waals surface area contributed by atoms with Crippen molar-refractivity contribution in [2.45, 2.75) is 70.9 Å². The molecule has 2 N–H and O–H groups in total. The third-order valence-electron chi connectivity index (χ3n) is 5.34. The highest BCUT2D eigenvalue weighted by Crippen LogP contribution is 2.34. The first kappa shape index (κ1) is 16.1. The zero-order valence-electron chi connectivity index (χ0n) is 13.4. The van der Waals surface area contributed by atoms with E-state index in [1.54, 1.807) is 4.90 Å². The van der Waals surface area contributed by atoms with Gasteiger partial charge in [-0.1, -0.05) is 20.3 Å². The lowest BCUT2D eigenvalue weighted by Crippen LogP contribution is -2.59. The van der Waals surface area contributed by atoms with E-state index in [1.807, 2.05) is 6.92 Å². The fourth-order valence-electron chi connectivity index (χ4n) is 3.83. The second-order valence-electron chi connectivity index (χ2n) is 7.01. The first-order valence-electron chi connectivity index (χ1n) is 8.20. The van der Waals surface area contributed by atoms with Crippen molar-refractivity contribution in [3.8, 4) is 0 Å². The first-order chi connectivity index (χ1) is 9.88. The van der Waals surface area contributed by atoms with Gasteiger partial charge in [0.2, 0.25) is 0 Å². The lowest BCUT2D eigenvalue weighted by Gasteiger charge is -2.38. The summed E-state index contributed by atoms with van der Waals surface area (Å²) >= 11 is 0. The number of amides is 2. The maximum atomic E-state index is 12.5. The molecule has 1 saturated carbocycles. The Kier molecular flexibility index (Phi) is 4.79. The van der Waals surface area contributed by atoms with Crippen molar-refractivity contribution in [2.24, 2.45) is 11.8 Å². The maximum absolute atomic E-state index is 12.5. The average Bonchev–Trinajstić information content (AvgIpc) is 2.78. The predicted molar refractivity (Wildman–Crippen MR) is 81.1 cm³/mol. The normalized spacial score (nSPS) is 36.5. The van der Waals surface area contributed by atoms with Gasteiger partial charge in [-0.25, -0.2) is 9.59 Å². The zero-order chi connectivity index (χ0) is 15.6. The Morgan fingerprint density at radius 2 is 1.90 bits per heavy atom. The van der Waals surface area contributed by atoms with Crippen LogP contribution in [0.25, 0.3) is 0 Å². The summed E-state index contributed by atoms with van der Waals surface area (Å²) in [7, 11) is 0. The Hall–Kier alpha value is -1.26. The number of rotatable bonds is 3. The molecule has 2 rings (SSSR count). The predicted octanol–water partition coefficient (Wildman–Crippen LogP) is 2.85. The van der Waals surface area contributed by atoms with E-state index in [9.17, 15) is 14.7 Å². The van der Waals surface area contributed by atoms with Crippen molar-refractivity contribution < 1.29 is 14.7 Å². The molecular formula is C16H28N2O3. The minimum Gasteiger partial charge on any atom is -0.480 e. The molecule has 0 aromatic heterocycles. The number of carboxylic acids is 1. The van der Waals surface area contributed by atoms with E-state index in [0.29, 0.717) is 24.7 Å². The number of hydrogen-bond donors (Lipinski definition) is 2. The average molecular weight is 296 g/mol. The molecule has 2 amide bonds. The van der Waals surface area contributed by atoms with Gasteiger partial charge in [0.15, 0.2) is 0 Å². The van der Waals surface area contributed by atoms with E-state index in [-0.39, 0.29) is 12.1 Å². The Bertz CT molecular complexity index is 402. The summed E-state index contributed by atoms with van der Waals surface area (Å²) in [6.45, 7) is 7.03. The smallest absolute Gasteiger partial charge is 0.329 e. The van der Waals surface area contributed by atoms with Crippen LogP contribution < -0.4 is 5.32 Å². The molecular weight excluding hydrogens is 268 g/mol. The third kappa shape index (κ3) is 3.33. The van der Waals surface area contributed by atoms with Crippen molar-refractivity contribution in [2.75, 3.05) is 6.54 Å². The number of urea groups is 1. The SMILES string of the molecule is CCC1CCC(NC(=O)N2CC(C)CC2C)(C(=O)O)CC1. The highest BCUT2D eigenvalue weighted by Gasteiger charge is 2.44. The molecule has 1 aliphatic heterocycles. The number of aliphatic carboxylic acids is 1. The molecule has 0 aromatic carbocycles. The summed E-state index contributed by atoms with van der Waals surface area (Å²) in [4.78, 5) is 26.0. The maximum Gasteiger partial charge on any atom is 0.329 e. The van der Waals surface area contributed by atoms with E-state index in [2.05, 4.69) is 19.2 Å².